The van der Waals surface area contributed by atoms with Crippen molar-refractivity contribution in [2.75, 3.05) is 0 Å². The molecular weight excluding hydrogens is 224 g/mol. The van der Waals surface area contributed by atoms with Crippen LogP contribution in [0, 0.1) is 5.92 Å². The van der Waals surface area contributed by atoms with Crippen LogP contribution in [0.3, 0.4) is 0 Å². The van der Waals surface area contributed by atoms with Gasteiger partial charge in [-0.3, -0.25) is 4.98 Å². The number of hydrogen-bond acceptors (Lipinski definition) is 3. The van der Waals surface area contributed by atoms with Crippen molar-refractivity contribution in [3.63, 3.8) is 0 Å². The number of benzene rings is 1. The number of pyridine rings is 1. The van der Waals surface area contributed by atoms with Crippen LogP contribution < -0.4 is 5.73 Å². The predicted octanol–water partition coefficient (Wildman–Crippen LogP) is 2.64. The van der Waals surface area contributed by atoms with Gasteiger partial charge < -0.3 is 10.8 Å². The van der Waals surface area contributed by atoms with Crippen LogP contribution in [0.4, 0.5) is 0 Å². The number of aromatic nitrogens is 1. The van der Waals surface area contributed by atoms with Crippen LogP contribution in [0.5, 0.6) is 0 Å². The Labute approximate surface area is 108 Å². The first-order chi connectivity index (χ1) is 8.58. The van der Waals surface area contributed by atoms with Gasteiger partial charge in [-0.25, -0.2) is 0 Å². The van der Waals surface area contributed by atoms with E-state index in [0.29, 0.717) is 11.6 Å². The molecule has 0 fully saturated rings. The van der Waals surface area contributed by atoms with Crippen molar-refractivity contribution in [1.29, 1.82) is 0 Å². The van der Waals surface area contributed by atoms with Crippen LogP contribution in [-0.4, -0.2) is 16.1 Å². The van der Waals surface area contributed by atoms with Crippen molar-refractivity contribution >= 4 is 10.9 Å². The Balaban J connectivity index is 2.24. The molecule has 2 unspecified atom stereocenters. The molecule has 0 aliphatic carbocycles. The minimum absolute atomic E-state index is 0.265. The Morgan fingerprint density at radius 3 is 2.61 bits per heavy atom. The second kappa shape index (κ2) is 5.46. The predicted molar refractivity (Wildman–Crippen MR) is 74.1 cm³/mol. The highest BCUT2D eigenvalue weighted by molar-refractivity contribution is 5.78. The third-order valence-corrected chi connectivity index (χ3v) is 3.07. The summed E-state index contributed by atoms with van der Waals surface area (Å²) in [6.07, 6.45) is 0.0902. The maximum Gasteiger partial charge on any atom is 0.111 e. The third-order valence-electron chi connectivity index (χ3n) is 3.07. The molecule has 0 amide bonds. The average molecular weight is 244 g/mol. The molecule has 1 aromatic heterocycles. The van der Waals surface area contributed by atoms with Gasteiger partial charge in [-0.15, -0.1) is 0 Å². The van der Waals surface area contributed by atoms with E-state index in [0.717, 1.165) is 17.3 Å². The Morgan fingerprint density at radius 1 is 1.17 bits per heavy atom. The highest BCUT2D eigenvalue weighted by Gasteiger charge is 2.19. The second-order valence-corrected chi connectivity index (χ2v) is 5.17. The fourth-order valence-electron chi connectivity index (χ4n) is 2.14. The van der Waals surface area contributed by atoms with Crippen LogP contribution in [0.25, 0.3) is 10.9 Å². The number of fused-ring (bicyclic) bond motifs is 1. The van der Waals surface area contributed by atoms with Crippen molar-refractivity contribution in [1.82, 2.24) is 4.98 Å². The number of aliphatic hydroxyl groups excluding tert-OH is 1. The van der Waals surface area contributed by atoms with Crippen LogP contribution >= 0.6 is 0 Å². The Bertz CT molecular complexity index is 525. The van der Waals surface area contributed by atoms with Crippen molar-refractivity contribution in [3.05, 3.63) is 42.1 Å². The van der Waals surface area contributed by atoms with E-state index in [-0.39, 0.29) is 6.04 Å². The van der Waals surface area contributed by atoms with E-state index in [9.17, 15) is 5.11 Å². The van der Waals surface area contributed by atoms with E-state index in [1.165, 1.54) is 0 Å². The van der Waals surface area contributed by atoms with Gasteiger partial charge in [0.2, 0.25) is 0 Å². The Kier molecular flexibility index (Phi) is 3.94. The second-order valence-electron chi connectivity index (χ2n) is 5.17. The zero-order valence-corrected chi connectivity index (χ0v) is 10.9. The highest BCUT2D eigenvalue weighted by Crippen LogP contribution is 2.21. The number of nitrogens with two attached hydrogens (primary N) is 1. The monoisotopic (exact) mass is 244 g/mol. The van der Waals surface area contributed by atoms with Gasteiger partial charge in [0.15, 0.2) is 0 Å². The minimum atomic E-state index is -0.697. The number of para-hydroxylation sites is 1. The third kappa shape index (κ3) is 2.86. The normalized spacial score (nSPS) is 14.9. The fraction of sp³-hybridized carbons (Fsp3) is 0.400. The molecule has 3 nitrogen and oxygen atoms in total. The van der Waals surface area contributed by atoms with E-state index in [1.807, 2.05) is 36.4 Å². The summed E-state index contributed by atoms with van der Waals surface area (Å²) in [6, 6.07) is 11.4. The van der Waals surface area contributed by atoms with Gasteiger partial charge in [0.1, 0.15) is 6.10 Å². The Morgan fingerprint density at radius 2 is 1.89 bits per heavy atom. The summed E-state index contributed by atoms with van der Waals surface area (Å²) in [5, 5.41) is 11.3. The molecule has 0 saturated heterocycles. The minimum Gasteiger partial charge on any atom is -0.385 e. The number of rotatable bonds is 4. The highest BCUT2D eigenvalue weighted by atomic mass is 16.3. The van der Waals surface area contributed by atoms with Crippen molar-refractivity contribution in [2.24, 2.45) is 11.7 Å². The molecule has 0 spiro atoms. The molecule has 0 aliphatic rings. The average Bonchev–Trinajstić information content (AvgIpc) is 2.36. The molecule has 18 heavy (non-hydrogen) atoms. The lowest BCUT2D eigenvalue weighted by atomic mass is 9.97. The maximum absolute atomic E-state index is 10.2. The van der Waals surface area contributed by atoms with Crippen LogP contribution in [0.2, 0.25) is 0 Å². The molecule has 3 N–H and O–H groups in total. The summed E-state index contributed by atoms with van der Waals surface area (Å²) in [5.41, 5.74) is 7.55. The van der Waals surface area contributed by atoms with Gasteiger partial charge in [0.25, 0.3) is 0 Å². The zero-order valence-electron chi connectivity index (χ0n) is 10.9. The molecule has 0 bridgehead atoms. The lowest BCUT2D eigenvalue weighted by molar-refractivity contribution is 0.132. The molecule has 3 heteroatoms. The molecule has 1 aromatic carbocycles. The Hall–Kier alpha value is -1.45. The van der Waals surface area contributed by atoms with Gasteiger partial charge in [0, 0.05) is 11.4 Å². The van der Waals surface area contributed by atoms with E-state index in [4.69, 9.17) is 5.73 Å². The van der Waals surface area contributed by atoms with Gasteiger partial charge in [-0.2, -0.15) is 0 Å². The molecule has 96 valence electrons. The van der Waals surface area contributed by atoms with Crippen molar-refractivity contribution < 1.29 is 5.11 Å². The van der Waals surface area contributed by atoms with Gasteiger partial charge in [-0.1, -0.05) is 38.1 Å². The van der Waals surface area contributed by atoms with Crippen molar-refractivity contribution in [3.8, 4) is 0 Å². The van der Waals surface area contributed by atoms with Gasteiger partial charge >= 0.3 is 0 Å². The molecule has 0 saturated carbocycles. The molecule has 0 radical (unpaired) electrons. The lowest BCUT2D eigenvalue weighted by Crippen LogP contribution is -2.30. The van der Waals surface area contributed by atoms with Crippen LogP contribution in [0.1, 0.15) is 32.1 Å². The SMILES string of the molecule is CC(C)CC(N)C(O)c1ccc2ccccc2n1. The van der Waals surface area contributed by atoms with E-state index < -0.39 is 6.10 Å². The largest absolute Gasteiger partial charge is 0.385 e. The topological polar surface area (TPSA) is 59.1 Å². The van der Waals surface area contributed by atoms with Crippen molar-refractivity contribution in [2.45, 2.75) is 32.4 Å². The van der Waals surface area contributed by atoms with E-state index in [2.05, 4.69) is 18.8 Å². The first-order valence-corrected chi connectivity index (χ1v) is 6.37. The molecule has 1 heterocycles. The standard InChI is InChI=1S/C15H20N2O/c1-10(2)9-12(16)15(18)14-8-7-11-5-3-4-6-13(11)17-14/h3-8,10,12,15,18H,9,16H2,1-2H3. The summed E-state index contributed by atoms with van der Waals surface area (Å²) in [4.78, 5) is 4.47. The molecule has 2 rings (SSSR count). The van der Waals surface area contributed by atoms with E-state index >= 15 is 0 Å². The summed E-state index contributed by atoms with van der Waals surface area (Å²) in [7, 11) is 0. The number of nitrogens with zero attached hydrogens (tertiary/aromatic N) is 1. The first kappa shape index (κ1) is 13.0. The number of hydrogen-bond donors (Lipinski definition) is 2. The molecular formula is C15H20N2O. The van der Waals surface area contributed by atoms with Gasteiger partial charge in [-0.05, 0) is 24.5 Å². The van der Waals surface area contributed by atoms with Gasteiger partial charge in [0.05, 0.1) is 11.2 Å². The summed E-state index contributed by atoms with van der Waals surface area (Å²) in [6.45, 7) is 4.20. The van der Waals surface area contributed by atoms with Crippen LogP contribution in [-0.2, 0) is 0 Å². The smallest absolute Gasteiger partial charge is 0.111 e. The summed E-state index contributed by atoms with van der Waals surface area (Å²) >= 11 is 0. The van der Waals surface area contributed by atoms with E-state index in [1.54, 1.807) is 0 Å². The summed E-state index contributed by atoms with van der Waals surface area (Å²) < 4.78 is 0. The maximum atomic E-state index is 10.2. The molecule has 2 aromatic rings. The number of aliphatic hydroxyl groups is 1. The van der Waals surface area contributed by atoms with Crippen LogP contribution in [0.15, 0.2) is 36.4 Å². The summed E-state index contributed by atoms with van der Waals surface area (Å²) in [5.74, 6) is 0.468. The zero-order chi connectivity index (χ0) is 13.1. The first-order valence-electron chi connectivity index (χ1n) is 6.37. The molecule has 0 aliphatic heterocycles. The molecule has 2 atom stereocenters. The quantitative estimate of drug-likeness (QED) is 0.869. The fourth-order valence-corrected chi connectivity index (χ4v) is 2.14. The lowest BCUT2D eigenvalue weighted by Gasteiger charge is -2.20.